The van der Waals surface area contributed by atoms with Gasteiger partial charge in [0, 0.05) is 31.5 Å². The number of benzene rings is 1. The lowest BCUT2D eigenvalue weighted by Gasteiger charge is -2.46. The molecule has 7 nitrogen and oxygen atoms in total. The molecule has 1 amide bonds. The first-order valence-corrected chi connectivity index (χ1v) is 8.72. The first-order valence-electron chi connectivity index (χ1n) is 8.72. The summed E-state index contributed by atoms with van der Waals surface area (Å²) in [7, 11) is 3.42. The van der Waals surface area contributed by atoms with Gasteiger partial charge in [-0.1, -0.05) is 0 Å². The van der Waals surface area contributed by atoms with Crippen LogP contribution < -0.4 is 11.1 Å². The highest BCUT2D eigenvalue weighted by Crippen LogP contribution is 2.47. The minimum Gasteiger partial charge on any atom is -0.379 e. The highest BCUT2D eigenvalue weighted by atomic mass is 19.1. The number of aromatic nitrogens is 2. The van der Waals surface area contributed by atoms with Gasteiger partial charge in [-0.05, 0) is 45.0 Å². The molecule has 2 heterocycles. The predicted octanol–water partition coefficient (Wildman–Crippen LogP) is 2.20. The molecule has 0 radical (unpaired) electrons. The summed E-state index contributed by atoms with van der Waals surface area (Å²) in [6.07, 6.45) is 1.86. The molecule has 0 saturated carbocycles. The Labute approximate surface area is 158 Å². The highest BCUT2D eigenvalue weighted by Gasteiger charge is 2.53. The van der Waals surface area contributed by atoms with Crippen LogP contribution >= 0.6 is 0 Å². The van der Waals surface area contributed by atoms with Gasteiger partial charge >= 0.3 is 0 Å². The van der Waals surface area contributed by atoms with E-state index in [-0.39, 0.29) is 11.9 Å². The predicted molar refractivity (Wildman–Crippen MR) is 102 cm³/mol. The maximum Gasteiger partial charge on any atom is 0.237 e. The molecule has 0 fully saturated rings. The Balaban J connectivity index is 1.99. The molecule has 1 aliphatic heterocycles. The Kier molecular flexibility index (Phi) is 4.45. The summed E-state index contributed by atoms with van der Waals surface area (Å²) in [6, 6.07) is 6.63. The fourth-order valence-corrected chi connectivity index (χ4v) is 3.33. The Morgan fingerprint density at radius 3 is 2.56 bits per heavy atom. The Morgan fingerprint density at radius 1 is 1.22 bits per heavy atom. The molecule has 2 aromatic rings. The molecule has 1 aromatic heterocycles. The van der Waals surface area contributed by atoms with Gasteiger partial charge in [0.15, 0.2) is 5.96 Å². The number of nitrogens with zero attached hydrogens (tertiary/aromatic N) is 4. The molecule has 1 aromatic carbocycles. The van der Waals surface area contributed by atoms with Crippen molar-refractivity contribution in [2.75, 3.05) is 12.4 Å². The largest absolute Gasteiger partial charge is 0.379 e. The van der Waals surface area contributed by atoms with Crippen molar-refractivity contribution >= 4 is 17.6 Å². The normalized spacial score (nSPS) is 21.9. The second-order valence-electron chi connectivity index (χ2n) is 7.56. The number of guanidine groups is 1. The van der Waals surface area contributed by atoms with Gasteiger partial charge in [-0.3, -0.25) is 14.4 Å². The van der Waals surface area contributed by atoms with Crippen molar-refractivity contribution < 1.29 is 9.18 Å². The van der Waals surface area contributed by atoms with E-state index in [4.69, 9.17) is 5.73 Å². The summed E-state index contributed by atoms with van der Waals surface area (Å²) < 4.78 is 16.5. The zero-order valence-electron chi connectivity index (χ0n) is 16.2. The molecule has 0 saturated heterocycles. The third-order valence-corrected chi connectivity index (χ3v) is 5.47. The molecule has 8 heteroatoms. The first kappa shape index (κ1) is 18.9. The summed E-state index contributed by atoms with van der Waals surface area (Å²) in [5.74, 6) is -0.556. The van der Waals surface area contributed by atoms with E-state index in [0.29, 0.717) is 17.8 Å². The van der Waals surface area contributed by atoms with Crippen LogP contribution in [0.15, 0.2) is 35.5 Å². The van der Waals surface area contributed by atoms with Crippen LogP contribution in [-0.2, 0) is 23.9 Å². The van der Waals surface area contributed by atoms with Gasteiger partial charge < -0.3 is 11.1 Å². The summed E-state index contributed by atoms with van der Waals surface area (Å²) in [5, 5.41) is 7.55. The fraction of sp³-hybridized carbons (Fsp3) is 0.421. The second-order valence-corrected chi connectivity index (χ2v) is 7.56. The van der Waals surface area contributed by atoms with Crippen molar-refractivity contribution in [3.8, 4) is 0 Å². The SMILES string of the molecule is CN1C(=O)C(C)(C)[C@@](C)(c2cc(NCc3ccn(C)n3)ccc2F)N=C1N. The van der Waals surface area contributed by atoms with E-state index in [1.807, 2.05) is 19.3 Å². The molecule has 144 valence electrons. The fourth-order valence-electron chi connectivity index (χ4n) is 3.33. The van der Waals surface area contributed by atoms with Gasteiger partial charge in [-0.25, -0.2) is 9.38 Å². The van der Waals surface area contributed by atoms with Gasteiger partial charge in [0.05, 0.1) is 17.7 Å². The van der Waals surface area contributed by atoms with Crippen molar-refractivity contribution in [2.45, 2.75) is 32.9 Å². The van der Waals surface area contributed by atoms with Crippen molar-refractivity contribution in [3.63, 3.8) is 0 Å². The lowest BCUT2D eigenvalue weighted by atomic mass is 9.67. The number of halogens is 1. The van der Waals surface area contributed by atoms with Crippen molar-refractivity contribution in [1.82, 2.24) is 14.7 Å². The standard InChI is InChI=1S/C19H25FN6O/c1-18(2)16(27)26(5)17(21)23-19(18,3)14-10-12(6-7-15(14)20)22-11-13-8-9-25(4)24-13/h6-10,22H,11H2,1-5H3,(H2,21,23)/t19-/m1/s1. The Bertz CT molecular complexity index is 919. The van der Waals surface area contributed by atoms with E-state index in [2.05, 4.69) is 15.4 Å². The number of aliphatic imine (C=N–C) groups is 1. The van der Waals surface area contributed by atoms with Crippen LogP contribution in [0.3, 0.4) is 0 Å². The van der Waals surface area contributed by atoms with Gasteiger partial charge in [0.1, 0.15) is 11.4 Å². The molecule has 1 atom stereocenters. The summed E-state index contributed by atoms with van der Waals surface area (Å²) in [6.45, 7) is 5.76. The Morgan fingerprint density at radius 2 is 1.93 bits per heavy atom. The van der Waals surface area contributed by atoms with Crippen LogP contribution in [0.4, 0.5) is 10.1 Å². The van der Waals surface area contributed by atoms with Crippen LogP contribution in [0.2, 0.25) is 0 Å². The van der Waals surface area contributed by atoms with Crippen LogP contribution in [-0.4, -0.2) is 33.6 Å². The molecular formula is C19H25FN6O. The number of hydrogen-bond donors (Lipinski definition) is 2. The van der Waals surface area contributed by atoms with Gasteiger partial charge in [0.25, 0.3) is 0 Å². The number of carbonyl (C=O) groups excluding carboxylic acids is 1. The molecular weight excluding hydrogens is 347 g/mol. The topological polar surface area (TPSA) is 88.5 Å². The number of hydrogen-bond acceptors (Lipinski definition) is 5. The third kappa shape index (κ3) is 3.05. The summed E-state index contributed by atoms with van der Waals surface area (Å²) in [4.78, 5) is 18.6. The number of amides is 1. The Hall–Kier alpha value is -2.90. The van der Waals surface area contributed by atoms with E-state index < -0.39 is 16.8 Å². The van der Waals surface area contributed by atoms with Crippen molar-refractivity contribution in [1.29, 1.82) is 0 Å². The van der Waals surface area contributed by atoms with Crippen LogP contribution in [0, 0.1) is 11.2 Å². The summed E-state index contributed by atoms with van der Waals surface area (Å²) in [5.41, 5.74) is 5.74. The van der Waals surface area contributed by atoms with Gasteiger partial charge in [-0.15, -0.1) is 0 Å². The third-order valence-electron chi connectivity index (χ3n) is 5.47. The van der Waals surface area contributed by atoms with Crippen LogP contribution in [0.5, 0.6) is 0 Å². The van der Waals surface area contributed by atoms with E-state index in [1.165, 1.54) is 11.0 Å². The quantitative estimate of drug-likeness (QED) is 0.861. The lowest BCUT2D eigenvalue weighted by Crippen LogP contribution is -2.58. The molecule has 27 heavy (non-hydrogen) atoms. The number of rotatable bonds is 4. The average Bonchev–Trinajstić information content (AvgIpc) is 3.03. The van der Waals surface area contributed by atoms with E-state index >= 15 is 0 Å². The van der Waals surface area contributed by atoms with Crippen molar-refractivity contribution in [2.24, 2.45) is 23.2 Å². The average molecular weight is 372 g/mol. The number of nitrogens with two attached hydrogens (primary N) is 1. The number of nitrogens with one attached hydrogen (secondary N) is 1. The molecule has 3 rings (SSSR count). The number of carbonyl (C=O) groups is 1. The molecule has 3 N–H and O–H groups in total. The van der Waals surface area contributed by atoms with Gasteiger partial charge in [-0.2, -0.15) is 5.10 Å². The van der Waals surface area contributed by atoms with Crippen molar-refractivity contribution in [3.05, 3.63) is 47.5 Å². The summed E-state index contributed by atoms with van der Waals surface area (Å²) >= 11 is 0. The maximum atomic E-state index is 14.8. The number of aryl methyl sites for hydroxylation is 1. The van der Waals surface area contributed by atoms with Crippen LogP contribution in [0.25, 0.3) is 0 Å². The first-order chi connectivity index (χ1) is 12.6. The zero-order valence-corrected chi connectivity index (χ0v) is 16.2. The minimum absolute atomic E-state index is 0.0769. The van der Waals surface area contributed by atoms with Crippen LogP contribution in [0.1, 0.15) is 32.0 Å². The van der Waals surface area contributed by atoms with E-state index in [1.54, 1.807) is 44.6 Å². The molecule has 0 spiro atoms. The monoisotopic (exact) mass is 372 g/mol. The lowest BCUT2D eigenvalue weighted by molar-refractivity contribution is -0.140. The van der Waals surface area contributed by atoms with E-state index in [9.17, 15) is 9.18 Å². The molecule has 0 aliphatic carbocycles. The smallest absolute Gasteiger partial charge is 0.237 e. The minimum atomic E-state index is -1.13. The molecule has 0 unspecified atom stereocenters. The van der Waals surface area contributed by atoms with E-state index in [0.717, 1.165) is 5.69 Å². The highest BCUT2D eigenvalue weighted by molar-refractivity contribution is 6.01. The zero-order chi connectivity index (χ0) is 20.0. The maximum absolute atomic E-state index is 14.8. The molecule has 1 aliphatic rings. The van der Waals surface area contributed by atoms with Gasteiger partial charge in [0.2, 0.25) is 5.91 Å². The second kappa shape index (κ2) is 6.37. The number of anilines is 1. The molecule has 0 bridgehead atoms.